The van der Waals surface area contributed by atoms with Crippen LogP contribution in [0.4, 0.5) is 5.69 Å². The van der Waals surface area contributed by atoms with Gasteiger partial charge in [-0.25, -0.2) is 0 Å². The number of nitrogens with zero attached hydrogens (tertiary/aromatic N) is 2. The molecular weight excluding hydrogens is 591 g/mol. The Balaban J connectivity index is 1.57. The Morgan fingerprint density at radius 1 is 1.14 bits per heavy atom. The first kappa shape index (κ1) is 25.5. The van der Waals surface area contributed by atoms with Gasteiger partial charge in [0.1, 0.15) is 6.61 Å². The van der Waals surface area contributed by atoms with Crippen molar-refractivity contribution in [2.75, 3.05) is 12.0 Å². The summed E-state index contributed by atoms with van der Waals surface area (Å²) in [6, 6.07) is 17.8. The van der Waals surface area contributed by atoms with Crippen LogP contribution in [0.1, 0.15) is 16.7 Å². The molecule has 1 aliphatic rings. The maximum atomic E-state index is 13.1. The van der Waals surface area contributed by atoms with Crippen LogP contribution in [-0.2, 0) is 11.4 Å². The van der Waals surface area contributed by atoms with Gasteiger partial charge in [-0.15, -0.1) is 0 Å². The van der Waals surface area contributed by atoms with Crippen LogP contribution in [0.2, 0.25) is 10.0 Å². The van der Waals surface area contributed by atoms with E-state index in [-0.39, 0.29) is 5.91 Å². The molecule has 0 radical (unpaired) electrons. The summed E-state index contributed by atoms with van der Waals surface area (Å²) >= 11 is 22.3. The molecule has 1 heterocycles. The SMILES string of the molecule is COc1cc(/C=C2\SC(=S)N(c3ccc(Cl)c(Cl)c3)C2=O)cc(Br)c1OCc1ccc(C#N)cc1. The molecule has 3 aromatic carbocycles. The highest BCUT2D eigenvalue weighted by atomic mass is 79.9. The molecule has 3 aromatic rings. The van der Waals surface area contributed by atoms with E-state index >= 15 is 0 Å². The van der Waals surface area contributed by atoms with Gasteiger partial charge in [0.25, 0.3) is 5.91 Å². The number of amides is 1. The van der Waals surface area contributed by atoms with Crippen molar-refractivity contribution in [2.24, 2.45) is 0 Å². The summed E-state index contributed by atoms with van der Waals surface area (Å²) in [5, 5.41) is 9.68. The van der Waals surface area contributed by atoms with E-state index in [1.54, 1.807) is 49.6 Å². The number of methoxy groups -OCH3 is 1. The van der Waals surface area contributed by atoms with Crippen LogP contribution in [0.3, 0.4) is 0 Å². The summed E-state index contributed by atoms with van der Waals surface area (Å²) < 4.78 is 12.6. The molecule has 10 heteroatoms. The van der Waals surface area contributed by atoms with Gasteiger partial charge in [0, 0.05) is 0 Å². The minimum absolute atomic E-state index is 0.255. The highest BCUT2D eigenvalue weighted by molar-refractivity contribution is 9.10. The summed E-state index contributed by atoms with van der Waals surface area (Å²) in [6.45, 7) is 0.294. The number of carbonyl (C=O) groups excluding carboxylic acids is 1. The van der Waals surface area contributed by atoms with Crippen LogP contribution in [-0.4, -0.2) is 17.3 Å². The van der Waals surface area contributed by atoms with Crippen molar-refractivity contribution in [2.45, 2.75) is 6.61 Å². The summed E-state index contributed by atoms with van der Waals surface area (Å²) in [7, 11) is 1.55. The zero-order valence-electron chi connectivity index (χ0n) is 18.1. The van der Waals surface area contributed by atoms with Gasteiger partial charge in [-0.3, -0.25) is 9.69 Å². The first-order valence-corrected chi connectivity index (χ1v) is 12.8. The molecule has 0 bridgehead atoms. The third-order valence-corrected chi connectivity index (χ3v) is 7.60. The average Bonchev–Trinajstić information content (AvgIpc) is 3.12. The summed E-state index contributed by atoms with van der Waals surface area (Å²) in [6.07, 6.45) is 1.74. The second-order valence-corrected chi connectivity index (χ2v) is 10.6. The number of thiocarbonyl (C=S) groups is 1. The van der Waals surface area contributed by atoms with Crippen LogP contribution >= 0.6 is 63.1 Å². The molecule has 0 unspecified atom stereocenters. The first-order chi connectivity index (χ1) is 16.8. The van der Waals surface area contributed by atoms with E-state index in [4.69, 9.17) is 50.2 Å². The highest BCUT2D eigenvalue weighted by Gasteiger charge is 2.33. The number of thioether (sulfide) groups is 1. The van der Waals surface area contributed by atoms with Crippen molar-refractivity contribution in [3.63, 3.8) is 0 Å². The lowest BCUT2D eigenvalue weighted by Crippen LogP contribution is -2.27. The van der Waals surface area contributed by atoms with Crippen LogP contribution in [0.5, 0.6) is 11.5 Å². The molecule has 1 saturated heterocycles. The lowest BCUT2D eigenvalue weighted by molar-refractivity contribution is -0.113. The molecule has 1 aliphatic heterocycles. The quantitative estimate of drug-likeness (QED) is 0.213. The number of hydrogen-bond acceptors (Lipinski definition) is 6. The number of halogens is 3. The molecule has 35 heavy (non-hydrogen) atoms. The standard InChI is InChI=1S/C25H15BrCl2N2O3S2/c1-32-21-9-16(8-18(26)23(21)33-13-15-4-2-14(12-29)3-5-15)10-22-24(31)30(25(34)35-22)17-6-7-19(27)20(28)11-17/h2-11H,13H2,1H3/b22-10-. The molecule has 1 fully saturated rings. The maximum Gasteiger partial charge on any atom is 0.270 e. The van der Waals surface area contributed by atoms with Crippen molar-refractivity contribution in [3.8, 4) is 17.6 Å². The van der Waals surface area contributed by atoms with Crippen LogP contribution in [0.25, 0.3) is 6.08 Å². The topological polar surface area (TPSA) is 62.6 Å². The number of nitriles is 1. The van der Waals surface area contributed by atoms with Crippen LogP contribution < -0.4 is 14.4 Å². The van der Waals surface area contributed by atoms with E-state index in [1.807, 2.05) is 18.2 Å². The van der Waals surface area contributed by atoms with E-state index < -0.39 is 0 Å². The number of benzene rings is 3. The average molecular weight is 606 g/mol. The minimum Gasteiger partial charge on any atom is -0.493 e. The van der Waals surface area contributed by atoms with Gasteiger partial charge in [0.15, 0.2) is 15.8 Å². The van der Waals surface area contributed by atoms with Crippen molar-refractivity contribution in [1.82, 2.24) is 0 Å². The molecule has 4 rings (SSSR count). The van der Waals surface area contributed by atoms with E-state index in [0.29, 0.717) is 53.1 Å². The molecule has 0 aliphatic carbocycles. The lowest BCUT2D eigenvalue weighted by Gasteiger charge is -2.15. The van der Waals surface area contributed by atoms with Crippen LogP contribution in [0.15, 0.2) is 64.0 Å². The van der Waals surface area contributed by atoms with E-state index in [1.165, 1.54) is 16.7 Å². The number of anilines is 1. The second-order valence-electron chi connectivity index (χ2n) is 7.25. The van der Waals surface area contributed by atoms with Gasteiger partial charge in [-0.05, 0) is 75.6 Å². The molecule has 0 spiro atoms. The maximum absolute atomic E-state index is 13.1. The van der Waals surface area contributed by atoms with E-state index in [9.17, 15) is 4.79 Å². The predicted molar refractivity (Wildman–Crippen MR) is 148 cm³/mol. The minimum atomic E-state index is -0.255. The molecule has 0 saturated carbocycles. The summed E-state index contributed by atoms with van der Waals surface area (Å²) in [5.74, 6) is 0.770. The molecule has 0 aromatic heterocycles. The van der Waals surface area contributed by atoms with Gasteiger partial charge in [0.2, 0.25) is 0 Å². The molecule has 176 valence electrons. The van der Waals surface area contributed by atoms with Crippen LogP contribution in [0, 0.1) is 11.3 Å². The summed E-state index contributed by atoms with van der Waals surface area (Å²) in [5.41, 5.74) is 2.78. The van der Waals surface area contributed by atoms with Gasteiger partial charge in [-0.1, -0.05) is 59.3 Å². The fourth-order valence-electron chi connectivity index (χ4n) is 3.26. The number of rotatable bonds is 6. The van der Waals surface area contributed by atoms with Crippen molar-refractivity contribution in [1.29, 1.82) is 5.26 Å². The van der Waals surface area contributed by atoms with Crippen molar-refractivity contribution in [3.05, 3.63) is 90.7 Å². The zero-order chi connectivity index (χ0) is 25.1. The smallest absolute Gasteiger partial charge is 0.270 e. The normalized spacial score (nSPS) is 14.4. The molecular formula is C25H15BrCl2N2O3S2. The Morgan fingerprint density at radius 2 is 1.89 bits per heavy atom. The Labute approximate surface area is 230 Å². The number of carbonyl (C=O) groups is 1. The van der Waals surface area contributed by atoms with Crippen molar-refractivity contribution < 1.29 is 14.3 Å². The second kappa shape index (κ2) is 11.0. The molecule has 5 nitrogen and oxygen atoms in total. The fourth-order valence-corrected chi connectivity index (χ4v) is 5.43. The predicted octanol–water partition coefficient (Wildman–Crippen LogP) is 7.62. The largest absolute Gasteiger partial charge is 0.493 e. The monoisotopic (exact) mass is 604 g/mol. The third-order valence-electron chi connectivity index (χ3n) is 4.97. The summed E-state index contributed by atoms with van der Waals surface area (Å²) in [4.78, 5) is 15.0. The first-order valence-electron chi connectivity index (χ1n) is 10.0. The van der Waals surface area contributed by atoms with E-state index in [2.05, 4.69) is 22.0 Å². The Hall–Kier alpha value is -2.54. The third kappa shape index (κ3) is 5.66. The Kier molecular flexibility index (Phi) is 8.05. The van der Waals surface area contributed by atoms with Gasteiger partial charge in [0.05, 0.1) is 43.9 Å². The Bertz CT molecular complexity index is 1410. The number of hydrogen-bond donors (Lipinski definition) is 0. The Morgan fingerprint density at radius 3 is 2.54 bits per heavy atom. The van der Waals surface area contributed by atoms with Gasteiger partial charge >= 0.3 is 0 Å². The highest BCUT2D eigenvalue weighted by Crippen LogP contribution is 2.41. The zero-order valence-corrected chi connectivity index (χ0v) is 22.8. The number of ether oxygens (including phenoxy) is 2. The molecule has 1 amide bonds. The molecule has 0 atom stereocenters. The van der Waals surface area contributed by atoms with Gasteiger partial charge < -0.3 is 9.47 Å². The lowest BCUT2D eigenvalue weighted by atomic mass is 10.1. The molecule has 0 N–H and O–H groups in total. The van der Waals surface area contributed by atoms with E-state index in [0.717, 1.165) is 11.1 Å². The fraction of sp³-hybridized carbons (Fsp3) is 0.0800. The van der Waals surface area contributed by atoms with Gasteiger partial charge in [-0.2, -0.15) is 5.26 Å². The van der Waals surface area contributed by atoms with Crippen molar-refractivity contribution >= 4 is 85.1 Å².